The first-order chi connectivity index (χ1) is 9.86. The van der Waals surface area contributed by atoms with Crippen LogP contribution in [-0.4, -0.2) is 38.9 Å². The minimum absolute atomic E-state index is 0.0739. The number of hydrogen-bond acceptors (Lipinski definition) is 4. The Kier molecular flexibility index (Phi) is 4.63. The van der Waals surface area contributed by atoms with E-state index in [9.17, 15) is 17.6 Å². The zero-order chi connectivity index (χ0) is 15.6. The van der Waals surface area contributed by atoms with E-state index in [2.05, 4.69) is 4.74 Å². The maximum Gasteiger partial charge on any atom is 0.309 e. The van der Waals surface area contributed by atoms with Crippen molar-refractivity contribution >= 4 is 16.0 Å². The number of halogens is 1. The summed E-state index contributed by atoms with van der Waals surface area (Å²) in [4.78, 5) is 11.5. The maximum absolute atomic E-state index is 13.6. The van der Waals surface area contributed by atoms with Crippen molar-refractivity contribution in [1.29, 1.82) is 0 Å². The van der Waals surface area contributed by atoms with Gasteiger partial charge in [-0.25, -0.2) is 12.8 Å². The number of nitrogens with zero attached hydrogens (tertiary/aromatic N) is 1. The lowest BCUT2D eigenvalue weighted by Gasteiger charge is -2.30. The van der Waals surface area contributed by atoms with Crippen molar-refractivity contribution in [1.82, 2.24) is 4.31 Å². The van der Waals surface area contributed by atoms with E-state index in [1.54, 1.807) is 6.92 Å². The summed E-state index contributed by atoms with van der Waals surface area (Å²) < 4.78 is 44.5. The van der Waals surface area contributed by atoms with E-state index in [-0.39, 0.29) is 11.4 Å². The Hall–Kier alpha value is -1.47. The van der Waals surface area contributed by atoms with Crippen LogP contribution in [0.4, 0.5) is 4.39 Å². The predicted molar refractivity (Wildman–Crippen MR) is 74.6 cm³/mol. The molecule has 1 saturated heterocycles. The van der Waals surface area contributed by atoms with Gasteiger partial charge in [0.15, 0.2) is 0 Å². The Morgan fingerprint density at radius 2 is 2.14 bits per heavy atom. The SMILES string of the molecule is COC(=O)[C@H]1CCCN(S(=O)(=O)c2ccc(C)c(F)c2)C1. The smallest absolute Gasteiger partial charge is 0.309 e. The summed E-state index contributed by atoms with van der Waals surface area (Å²) in [5.41, 5.74) is 0.389. The molecule has 5 nitrogen and oxygen atoms in total. The third-order valence-electron chi connectivity index (χ3n) is 3.70. The van der Waals surface area contributed by atoms with Crippen molar-refractivity contribution in [2.75, 3.05) is 20.2 Å². The molecule has 0 radical (unpaired) electrons. The number of rotatable bonds is 3. The minimum Gasteiger partial charge on any atom is -0.469 e. The van der Waals surface area contributed by atoms with Crippen LogP contribution in [0.15, 0.2) is 23.1 Å². The molecule has 0 saturated carbocycles. The molecule has 0 unspecified atom stereocenters. The van der Waals surface area contributed by atoms with Gasteiger partial charge < -0.3 is 4.74 Å². The summed E-state index contributed by atoms with van der Waals surface area (Å²) in [5, 5.41) is 0. The van der Waals surface area contributed by atoms with E-state index in [4.69, 9.17) is 0 Å². The summed E-state index contributed by atoms with van der Waals surface area (Å²) in [6, 6.07) is 3.84. The van der Waals surface area contributed by atoms with Crippen LogP contribution in [0.3, 0.4) is 0 Å². The molecule has 116 valence electrons. The number of hydrogen-bond donors (Lipinski definition) is 0. The molecule has 1 aliphatic rings. The second-order valence-corrected chi connectivity index (χ2v) is 7.07. The molecule has 21 heavy (non-hydrogen) atoms. The predicted octanol–water partition coefficient (Wildman–Crippen LogP) is 1.71. The third-order valence-corrected chi connectivity index (χ3v) is 5.56. The van der Waals surface area contributed by atoms with Gasteiger partial charge in [0.2, 0.25) is 10.0 Å². The molecule has 1 atom stereocenters. The van der Waals surface area contributed by atoms with Crippen LogP contribution in [0.25, 0.3) is 0 Å². The van der Waals surface area contributed by atoms with Crippen molar-refractivity contribution in [3.05, 3.63) is 29.6 Å². The molecule has 1 aromatic rings. The van der Waals surface area contributed by atoms with Crippen LogP contribution in [0.5, 0.6) is 0 Å². The Labute approximate surface area is 123 Å². The van der Waals surface area contributed by atoms with Gasteiger partial charge in [0.05, 0.1) is 17.9 Å². The molecule has 0 aliphatic carbocycles. The lowest BCUT2D eigenvalue weighted by molar-refractivity contribution is -0.146. The molecule has 7 heteroatoms. The van der Waals surface area contributed by atoms with Crippen LogP contribution >= 0.6 is 0 Å². The third kappa shape index (κ3) is 3.24. The van der Waals surface area contributed by atoms with Gasteiger partial charge in [0, 0.05) is 13.1 Å². The first-order valence-electron chi connectivity index (χ1n) is 6.70. The molecule has 1 heterocycles. The number of benzene rings is 1. The maximum atomic E-state index is 13.6. The lowest BCUT2D eigenvalue weighted by atomic mass is 10.0. The van der Waals surface area contributed by atoms with Crippen LogP contribution in [0.2, 0.25) is 0 Å². The molecule has 2 rings (SSSR count). The molecule has 0 aromatic heterocycles. The molecule has 0 spiro atoms. The highest BCUT2D eigenvalue weighted by atomic mass is 32.2. The van der Waals surface area contributed by atoms with Crippen molar-refractivity contribution in [3.8, 4) is 0 Å². The molecule has 0 amide bonds. The second-order valence-electron chi connectivity index (χ2n) is 5.14. The van der Waals surface area contributed by atoms with Crippen LogP contribution in [0.1, 0.15) is 18.4 Å². The number of methoxy groups -OCH3 is 1. The first kappa shape index (κ1) is 15.9. The number of ether oxygens (including phenoxy) is 1. The van der Waals surface area contributed by atoms with Crippen molar-refractivity contribution in [3.63, 3.8) is 0 Å². The monoisotopic (exact) mass is 315 g/mol. The molecule has 1 fully saturated rings. The highest BCUT2D eigenvalue weighted by molar-refractivity contribution is 7.89. The van der Waals surface area contributed by atoms with Gasteiger partial charge in [-0.2, -0.15) is 4.31 Å². The van der Waals surface area contributed by atoms with E-state index in [1.165, 1.54) is 23.5 Å². The van der Waals surface area contributed by atoms with E-state index in [0.29, 0.717) is 24.9 Å². The molecular weight excluding hydrogens is 297 g/mol. The van der Waals surface area contributed by atoms with Crippen LogP contribution < -0.4 is 0 Å². The van der Waals surface area contributed by atoms with Crippen LogP contribution in [-0.2, 0) is 19.6 Å². The molecule has 0 N–H and O–H groups in total. The lowest BCUT2D eigenvalue weighted by Crippen LogP contribution is -2.42. The van der Waals surface area contributed by atoms with Gasteiger partial charge in [0.25, 0.3) is 0 Å². The largest absolute Gasteiger partial charge is 0.469 e. The summed E-state index contributed by atoms with van der Waals surface area (Å²) >= 11 is 0. The second kappa shape index (κ2) is 6.11. The molecule has 1 aliphatic heterocycles. The number of esters is 1. The normalized spacial score (nSPS) is 20.2. The topological polar surface area (TPSA) is 63.7 Å². The Bertz CT molecular complexity index is 644. The number of aryl methyl sites for hydroxylation is 1. The van der Waals surface area contributed by atoms with E-state index < -0.39 is 27.7 Å². The van der Waals surface area contributed by atoms with Gasteiger partial charge in [-0.3, -0.25) is 4.79 Å². The fourth-order valence-corrected chi connectivity index (χ4v) is 3.94. The van der Waals surface area contributed by atoms with Gasteiger partial charge in [-0.15, -0.1) is 0 Å². The Morgan fingerprint density at radius 3 is 2.76 bits per heavy atom. The molecular formula is C14H18FNO4S. The number of piperidine rings is 1. The summed E-state index contributed by atoms with van der Waals surface area (Å²) in [5.74, 6) is -1.43. The standard InChI is InChI=1S/C14H18FNO4S/c1-10-5-6-12(8-13(10)15)21(18,19)16-7-3-4-11(9-16)14(17)20-2/h5-6,8,11H,3-4,7,9H2,1-2H3/t11-/m0/s1. The van der Waals surface area contributed by atoms with Gasteiger partial charge in [0.1, 0.15) is 5.82 Å². The fourth-order valence-electron chi connectivity index (χ4n) is 2.40. The van der Waals surface area contributed by atoms with Gasteiger partial charge in [-0.1, -0.05) is 6.07 Å². The summed E-state index contributed by atoms with van der Waals surface area (Å²) in [6.45, 7) is 1.97. The van der Waals surface area contributed by atoms with Crippen molar-refractivity contribution < 1.29 is 22.3 Å². The van der Waals surface area contributed by atoms with E-state index >= 15 is 0 Å². The fraction of sp³-hybridized carbons (Fsp3) is 0.500. The molecule has 1 aromatic carbocycles. The van der Waals surface area contributed by atoms with Crippen LogP contribution in [0, 0.1) is 18.7 Å². The van der Waals surface area contributed by atoms with E-state index in [0.717, 1.165) is 6.07 Å². The number of carbonyl (C=O) groups excluding carboxylic acids is 1. The highest BCUT2D eigenvalue weighted by Gasteiger charge is 2.33. The zero-order valence-corrected chi connectivity index (χ0v) is 12.8. The average Bonchev–Trinajstić information content (AvgIpc) is 2.49. The van der Waals surface area contributed by atoms with Gasteiger partial charge in [-0.05, 0) is 37.5 Å². The quantitative estimate of drug-likeness (QED) is 0.797. The van der Waals surface area contributed by atoms with Crippen molar-refractivity contribution in [2.24, 2.45) is 5.92 Å². The number of sulfonamides is 1. The zero-order valence-electron chi connectivity index (χ0n) is 12.0. The first-order valence-corrected chi connectivity index (χ1v) is 8.14. The summed E-state index contributed by atoms with van der Waals surface area (Å²) in [6.07, 6.45) is 1.17. The van der Waals surface area contributed by atoms with E-state index in [1.807, 2.05) is 0 Å². The molecule has 0 bridgehead atoms. The van der Waals surface area contributed by atoms with Crippen molar-refractivity contribution in [2.45, 2.75) is 24.7 Å². The Balaban J connectivity index is 2.26. The van der Waals surface area contributed by atoms with Gasteiger partial charge >= 0.3 is 5.97 Å². The minimum atomic E-state index is -3.79. The average molecular weight is 315 g/mol. The number of carbonyl (C=O) groups is 1. The summed E-state index contributed by atoms with van der Waals surface area (Å²) in [7, 11) is -2.51. The highest BCUT2D eigenvalue weighted by Crippen LogP contribution is 2.25. The Morgan fingerprint density at radius 1 is 1.43 bits per heavy atom.